The lowest BCUT2D eigenvalue weighted by atomic mass is 10.2. The van der Waals surface area contributed by atoms with Gasteiger partial charge in [0.25, 0.3) is 0 Å². The van der Waals surface area contributed by atoms with Crippen LogP contribution in [0.2, 0.25) is 5.02 Å². The van der Waals surface area contributed by atoms with Crippen molar-refractivity contribution in [2.45, 2.75) is 6.54 Å². The minimum absolute atomic E-state index is 0.0366. The predicted molar refractivity (Wildman–Crippen MR) is 77.0 cm³/mol. The van der Waals surface area contributed by atoms with E-state index in [4.69, 9.17) is 11.6 Å². The third kappa shape index (κ3) is 3.88. The van der Waals surface area contributed by atoms with Gasteiger partial charge in [-0.3, -0.25) is 9.59 Å². The van der Waals surface area contributed by atoms with Crippen molar-refractivity contribution in [1.82, 2.24) is 9.80 Å². The summed E-state index contributed by atoms with van der Waals surface area (Å²) in [6.45, 7) is 0.650. The number of halogens is 1. The van der Waals surface area contributed by atoms with Crippen LogP contribution in [0.15, 0.2) is 24.3 Å². The van der Waals surface area contributed by atoms with E-state index < -0.39 is 0 Å². The summed E-state index contributed by atoms with van der Waals surface area (Å²) in [4.78, 5) is 26.7. The first-order valence-corrected chi connectivity index (χ1v) is 7.43. The molecule has 0 saturated carbocycles. The lowest BCUT2D eigenvalue weighted by molar-refractivity contribution is -0.137. The van der Waals surface area contributed by atoms with E-state index in [1.165, 1.54) is 11.8 Å². The molecule has 0 bridgehead atoms. The average molecular weight is 299 g/mol. The topological polar surface area (TPSA) is 40.6 Å². The van der Waals surface area contributed by atoms with Crippen LogP contribution in [-0.4, -0.2) is 46.8 Å². The zero-order valence-electron chi connectivity index (χ0n) is 10.6. The summed E-state index contributed by atoms with van der Waals surface area (Å²) in [5, 5.41) is 0.657. The summed E-state index contributed by atoms with van der Waals surface area (Å²) in [6.07, 6.45) is 0. The fourth-order valence-electron chi connectivity index (χ4n) is 1.82. The van der Waals surface area contributed by atoms with Crippen LogP contribution < -0.4 is 0 Å². The third-order valence-corrected chi connectivity index (χ3v) is 4.07. The second-order valence-corrected chi connectivity index (χ2v) is 5.84. The summed E-state index contributed by atoms with van der Waals surface area (Å²) < 4.78 is 0. The number of hydrogen-bond acceptors (Lipinski definition) is 3. The van der Waals surface area contributed by atoms with E-state index in [9.17, 15) is 9.59 Å². The van der Waals surface area contributed by atoms with E-state index in [-0.39, 0.29) is 18.4 Å². The Labute approximate surface area is 121 Å². The van der Waals surface area contributed by atoms with Crippen molar-refractivity contribution in [3.63, 3.8) is 0 Å². The zero-order valence-corrected chi connectivity index (χ0v) is 12.2. The maximum absolute atomic E-state index is 12.0. The standard InChI is InChI=1S/C13H15ClN2O2S/c1-15(6-10-3-2-4-11(14)5-10)12(17)7-16-9-19-8-13(16)18/h2-5H,6-9H2,1H3. The normalized spacial score (nSPS) is 14.8. The van der Waals surface area contributed by atoms with Crippen molar-refractivity contribution in [3.8, 4) is 0 Å². The van der Waals surface area contributed by atoms with Gasteiger partial charge in [0.1, 0.15) is 6.54 Å². The van der Waals surface area contributed by atoms with Gasteiger partial charge in [-0.1, -0.05) is 23.7 Å². The molecular formula is C13H15ClN2O2S. The van der Waals surface area contributed by atoms with Crippen LogP contribution in [0.5, 0.6) is 0 Å². The molecule has 1 aliphatic rings. The molecule has 102 valence electrons. The number of hydrogen-bond donors (Lipinski definition) is 0. The molecule has 1 aromatic rings. The largest absolute Gasteiger partial charge is 0.340 e. The molecule has 0 radical (unpaired) electrons. The Balaban J connectivity index is 1.90. The number of rotatable bonds is 4. The number of nitrogens with zero attached hydrogens (tertiary/aromatic N) is 2. The minimum Gasteiger partial charge on any atom is -0.340 e. The van der Waals surface area contributed by atoms with Gasteiger partial charge >= 0.3 is 0 Å². The number of carbonyl (C=O) groups excluding carboxylic acids is 2. The third-order valence-electron chi connectivity index (χ3n) is 2.89. The molecular weight excluding hydrogens is 284 g/mol. The van der Waals surface area contributed by atoms with Gasteiger partial charge in [0.2, 0.25) is 11.8 Å². The fourth-order valence-corrected chi connectivity index (χ4v) is 2.94. The van der Waals surface area contributed by atoms with E-state index in [0.29, 0.717) is 23.2 Å². The van der Waals surface area contributed by atoms with Gasteiger partial charge < -0.3 is 9.80 Å². The van der Waals surface area contributed by atoms with Crippen LogP contribution >= 0.6 is 23.4 Å². The first kappa shape index (κ1) is 14.2. The van der Waals surface area contributed by atoms with Gasteiger partial charge in [0.05, 0.1) is 11.6 Å². The summed E-state index contributed by atoms with van der Waals surface area (Å²) in [6, 6.07) is 7.42. The summed E-state index contributed by atoms with van der Waals surface area (Å²) >= 11 is 7.44. The zero-order chi connectivity index (χ0) is 13.8. The van der Waals surface area contributed by atoms with Crippen molar-refractivity contribution in [2.24, 2.45) is 0 Å². The van der Waals surface area contributed by atoms with Crippen molar-refractivity contribution in [2.75, 3.05) is 25.2 Å². The first-order chi connectivity index (χ1) is 9.06. The van der Waals surface area contributed by atoms with E-state index in [1.54, 1.807) is 22.9 Å². The Kier molecular flexibility index (Phi) is 4.71. The Bertz CT molecular complexity index is 495. The van der Waals surface area contributed by atoms with E-state index in [1.807, 2.05) is 18.2 Å². The van der Waals surface area contributed by atoms with Gasteiger partial charge in [-0.25, -0.2) is 0 Å². The number of benzene rings is 1. The molecule has 0 aromatic heterocycles. The van der Waals surface area contributed by atoms with Crippen LogP contribution in [0, 0.1) is 0 Å². The van der Waals surface area contributed by atoms with Crippen LogP contribution in [0.4, 0.5) is 0 Å². The van der Waals surface area contributed by atoms with E-state index in [0.717, 1.165) is 5.56 Å². The second kappa shape index (κ2) is 6.30. The number of carbonyl (C=O) groups is 2. The Morgan fingerprint density at radius 2 is 2.32 bits per heavy atom. The van der Waals surface area contributed by atoms with E-state index in [2.05, 4.69) is 0 Å². The van der Waals surface area contributed by atoms with Crippen molar-refractivity contribution in [1.29, 1.82) is 0 Å². The quantitative estimate of drug-likeness (QED) is 0.851. The summed E-state index contributed by atoms with van der Waals surface area (Å²) in [5.74, 6) is 1.06. The summed E-state index contributed by atoms with van der Waals surface area (Å²) in [7, 11) is 1.73. The predicted octanol–water partition coefficient (Wildman–Crippen LogP) is 1.83. The van der Waals surface area contributed by atoms with Crippen molar-refractivity contribution >= 4 is 35.2 Å². The van der Waals surface area contributed by atoms with Crippen molar-refractivity contribution < 1.29 is 9.59 Å². The van der Waals surface area contributed by atoms with Gasteiger partial charge in [0.15, 0.2) is 0 Å². The number of thioether (sulfide) groups is 1. The van der Waals surface area contributed by atoms with Crippen molar-refractivity contribution in [3.05, 3.63) is 34.9 Å². The highest BCUT2D eigenvalue weighted by Gasteiger charge is 2.24. The molecule has 0 spiro atoms. The molecule has 1 saturated heterocycles. The Hall–Kier alpha value is -1.20. The van der Waals surface area contributed by atoms with Crippen LogP contribution in [0.1, 0.15) is 5.56 Å². The average Bonchev–Trinajstić information content (AvgIpc) is 2.75. The fraction of sp³-hybridized carbons (Fsp3) is 0.385. The van der Waals surface area contributed by atoms with Gasteiger partial charge in [0, 0.05) is 18.6 Å². The molecule has 0 N–H and O–H groups in total. The molecule has 6 heteroatoms. The molecule has 1 fully saturated rings. The Morgan fingerprint density at radius 1 is 1.53 bits per heavy atom. The molecule has 1 aliphatic heterocycles. The lowest BCUT2D eigenvalue weighted by Gasteiger charge is -2.21. The molecule has 19 heavy (non-hydrogen) atoms. The van der Waals surface area contributed by atoms with Gasteiger partial charge in [-0.15, -0.1) is 11.8 Å². The maximum atomic E-state index is 12.0. The van der Waals surface area contributed by atoms with Gasteiger partial charge in [-0.2, -0.15) is 0 Å². The SMILES string of the molecule is CN(Cc1cccc(Cl)c1)C(=O)CN1CSCC1=O. The smallest absolute Gasteiger partial charge is 0.242 e. The Morgan fingerprint density at radius 3 is 2.95 bits per heavy atom. The molecule has 1 heterocycles. The molecule has 2 amide bonds. The first-order valence-electron chi connectivity index (χ1n) is 5.90. The number of amides is 2. The summed E-state index contributed by atoms with van der Waals surface area (Å²) in [5.41, 5.74) is 0.977. The lowest BCUT2D eigenvalue weighted by Crippen LogP contribution is -2.38. The van der Waals surface area contributed by atoms with Gasteiger partial charge in [-0.05, 0) is 17.7 Å². The molecule has 0 unspecified atom stereocenters. The van der Waals surface area contributed by atoms with Crippen LogP contribution in [0.25, 0.3) is 0 Å². The monoisotopic (exact) mass is 298 g/mol. The minimum atomic E-state index is -0.0594. The van der Waals surface area contributed by atoms with E-state index >= 15 is 0 Å². The van der Waals surface area contributed by atoms with Crippen LogP contribution in [-0.2, 0) is 16.1 Å². The highest BCUT2D eigenvalue weighted by Crippen LogP contribution is 2.15. The molecule has 2 rings (SSSR count). The molecule has 4 nitrogen and oxygen atoms in total. The maximum Gasteiger partial charge on any atom is 0.242 e. The number of likely N-dealkylation sites (N-methyl/N-ethyl adjacent to an activating group) is 1. The molecule has 1 aromatic carbocycles. The second-order valence-electron chi connectivity index (χ2n) is 4.45. The molecule has 0 aliphatic carbocycles. The molecule has 0 atom stereocenters. The highest BCUT2D eigenvalue weighted by molar-refractivity contribution is 8.00. The highest BCUT2D eigenvalue weighted by atomic mass is 35.5. The van der Waals surface area contributed by atoms with Crippen LogP contribution in [0.3, 0.4) is 0 Å².